The summed E-state index contributed by atoms with van der Waals surface area (Å²) in [5.74, 6) is -0.695. The van der Waals surface area contributed by atoms with Gasteiger partial charge in [0.25, 0.3) is 5.91 Å². The Labute approximate surface area is 216 Å². The third-order valence-electron chi connectivity index (χ3n) is 4.79. The highest BCUT2D eigenvalue weighted by Crippen LogP contribution is 2.24. The van der Waals surface area contributed by atoms with Gasteiger partial charge in [0, 0.05) is 22.7 Å². The topological polar surface area (TPSA) is 158 Å². The first kappa shape index (κ1) is 25.9. The molecule has 2 N–H and O–H groups in total. The normalized spacial score (nSPS) is 13.9. The first-order chi connectivity index (χ1) is 18.1. The lowest BCUT2D eigenvalue weighted by atomic mass is 10.1. The van der Waals surface area contributed by atoms with Crippen LogP contribution in [0.5, 0.6) is 0 Å². The van der Waals surface area contributed by atoms with Crippen molar-refractivity contribution in [2.75, 3.05) is 10.5 Å². The van der Waals surface area contributed by atoms with Crippen molar-refractivity contribution in [1.29, 1.82) is 0 Å². The number of alkyl carbamates (subject to hydrolysis) is 1. The van der Waals surface area contributed by atoms with Gasteiger partial charge in [-0.2, -0.15) is 0 Å². The average molecular weight is 521 g/mol. The molecule has 1 aliphatic heterocycles. The van der Waals surface area contributed by atoms with Gasteiger partial charge in [-0.15, -0.1) is 0 Å². The first-order valence-electron chi connectivity index (χ1n) is 11.3. The number of carbonyl (C=O) groups excluding carboxylic acids is 4. The Morgan fingerprint density at radius 3 is 2.24 bits per heavy atom. The van der Waals surface area contributed by atoms with Crippen molar-refractivity contribution in [2.24, 2.45) is 0 Å². The van der Waals surface area contributed by atoms with Gasteiger partial charge in [0.2, 0.25) is 0 Å². The molecule has 1 fully saturated rings. The number of nitrogens with zero attached hydrogens (tertiary/aromatic N) is 3. The van der Waals surface area contributed by atoms with Gasteiger partial charge in [-0.25, -0.2) is 24.4 Å². The molecular weight excluding hydrogens is 498 g/mol. The molecule has 2 aromatic carbocycles. The lowest BCUT2D eigenvalue weighted by Crippen LogP contribution is -2.40. The Morgan fingerprint density at radius 1 is 0.947 bits per heavy atom. The van der Waals surface area contributed by atoms with Crippen molar-refractivity contribution in [3.05, 3.63) is 72.4 Å². The van der Waals surface area contributed by atoms with Crippen molar-refractivity contribution in [3.8, 4) is 11.3 Å². The standard InChI is InChI=1S/C25H23N5O8/c1-25(2,3)36-22(32)29-19(16-7-5-4-6-8-16)20(31)27-17-11-9-15(10-12-17)18-13-14-26-21(28-18)30-37-23(33)35-24(34)38-30/h4-14,19H,1-3H3,(H,27,31)(H,29,32)/t19-/m0/s1. The summed E-state index contributed by atoms with van der Waals surface area (Å²) in [4.78, 5) is 65.5. The van der Waals surface area contributed by atoms with E-state index in [2.05, 4.69) is 35.0 Å². The average Bonchev–Trinajstić information content (AvgIpc) is 2.87. The lowest BCUT2D eigenvalue weighted by Gasteiger charge is -2.23. The number of aromatic nitrogens is 2. The molecule has 0 bridgehead atoms. The van der Waals surface area contributed by atoms with E-state index < -0.39 is 36.0 Å². The number of ether oxygens (including phenoxy) is 2. The smallest absolute Gasteiger partial charge is 0.444 e. The van der Waals surface area contributed by atoms with E-state index in [0.717, 1.165) is 0 Å². The maximum absolute atomic E-state index is 13.1. The zero-order chi connectivity index (χ0) is 27.3. The lowest BCUT2D eigenvalue weighted by molar-refractivity contribution is -0.118. The molecular formula is C25H23N5O8. The second-order valence-electron chi connectivity index (χ2n) is 8.84. The van der Waals surface area contributed by atoms with Crippen LogP contribution in [-0.4, -0.2) is 39.9 Å². The monoisotopic (exact) mass is 521 g/mol. The van der Waals surface area contributed by atoms with Crippen LogP contribution >= 0.6 is 0 Å². The molecule has 4 rings (SSSR count). The molecule has 3 aromatic rings. The fraction of sp³-hybridized carbons (Fsp3) is 0.200. The highest BCUT2D eigenvalue weighted by molar-refractivity contribution is 5.97. The Kier molecular flexibility index (Phi) is 7.37. The van der Waals surface area contributed by atoms with E-state index in [1.165, 1.54) is 6.20 Å². The van der Waals surface area contributed by atoms with Crippen molar-refractivity contribution in [1.82, 2.24) is 15.3 Å². The van der Waals surface area contributed by atoms with Crippen LogP contribution in [0.1, 0.15) is 32.4 Å². The predicted octanol–water partition coefficient (Wildman–Crippen LogP) is 4.29. The molecule has 0 radical (unpaired) electrons. The van der Waals surface area contributed by atoms with Gasteiger partial charge in [-0.05, 0) is 44.5 Å². The van der Waals surface area contributed by atoms with Gasteiger partial charge in [0.1, 0.15) is 11.6 Å². The quantitative estimate of drug-likeness (QED) is 0.352. The zero-order valence-electron chi connectivity index (χ0n) is 20.5. The molecule has 38 heavy (non-hydrogen) atoms. The SMILES string of the molecule is CC(C)(C)OC(=O)N[C@H](C(=O)Nc1ccc(-c2ccnc(N3OC(=O)OC(=O)O3)n2)cc1)c1ccccc1. The van der Waals surface area contributed by atoms with Crippen molar-refractivity contribution >= 4 is 35.9 Å². The van der Waals surface area contributed by atoms with E-state index >= 15 is 0 Å². The molecule has 1 aromatic heterocycles. The third kappa shape index (κ3) is 6.72. The predicted molar refractivity (Wildman–Crippen MR) is 131 cm³/mol. The second kappa shape index (κ2) is 10.8. The summed E-state index contributed by atoms with van der Waals surface area (Å²) in [6.07, 6.45) is -1.93. The Balaban J connectivity index is 1.48. The van der Waals surface area contributed by atoms with E-state index in [9.17, 15) is 19.2 Å². The molecule has 13 nitrogen and oxygen atoms in total. The minimum Gasteiger partial charge on any atom is -0.444 e. The minimum absolute atomic E-state index is 0.219. The van der Waals surface area contributed by atoms with E-state index in [-0.39, 0.29) is 5.95 Å². The Morgan fingerprint density at radius 2 is 1.61 bits per heavy atom. The summed E-state index contributed by atoms with van der Waals surface area (Å²) in [6.45, 7) is 5.19. The Bertz CT molecular complexity index is 1330. The van der Waals surface area contributed by atoms with Gasteiger partial charge in [0.15, 0.2) is 0 Å². The molecule has 0 unspecified atom stereocenters. The summed E-state index contributed by atoms with van der Waals surface area (Å²) in [7, 11) is 0. The summed E-state index contributed by atoms with van der Waals surface area (Å²) < 4.78 is 9.41. The first-order valence-corrected chi connectivity index (χ1v) is 11.3. The van der Waals surface area contributed by atoms with Gasteiger partial charge < -0.3 is 20.1 Å². The summed E-state index contributed by atoms with van der Waals surface area (Å²) >= 11 is 0. The molecule has 1 saturated heterocycles. The van der Waals surface area contributed by atoms with Gasteiger partial charge >= 0.3 is 24.4 Å². The largest absolute Gasteiger partial charge is 0.546 e. The molecule has 2 heterocycles. The van der Waals surface area contributed by atoms with Crippen molar-refractivity contribution in [3.63, 3.8) is 0 Å². The van der Waals surface area contributed by atoms with Crippen LogP contribution < -0.4 is 15.9 Å². The summed E-state index contributed by atoms with van der Waals surface area (Å²) in [5, 5.41) is 5.83. The zero-order valence-corrected chi connectivity index (χ0v) is 20.5. The number of carbonyl (C=O) groups is 4. The molecule has 0 spiro atoms. The maximum Gasteiger partial charge on any atom is 0.546 e. The van der Waals surface area contributed by atoms with Crippen molar-refractivity contribution < 1.29 is 38.3 Å². The van der Waals surface area contributed by atoms with E-state index in [4.69, 9.17) is 4.74 Å². The fourth-order valence-corrected chi connectivity index (χ4v) is 3.25. The molecule has 1 aliphatic rings. The Hall–Kier alpha value is -5.20. The highest BCUT2D eigenvalue weighted by Gasteiger charge is 2.31. The summed E-state index contributed by atoms with van der Waals surface area (Å²) in [6, 6.07) is 16.0. The molecule has 0 aliphatic carbocycles. The number of anilines is 2. The van der Waals surface area contributed by atoms with Crippen LogP contribution in [0.25, 0.3) is 11.3 Å². The van der Waals surface area contributed by atoms with Crippen LogP contribution in [0.15, 0.2) is 66.9 Å². The number of hydrogen-bond acceptors (Lipinski definition) is 11. The summed E-state index contributed by atoms with van der Waals surface area (Å²) in [5.41, 5.74) is 1.31. The second-order valence-corrected chi connectivity index (χ2v) is 8.84. The van der Waals surface area contributed by atoms with Crippen molar-refractivity contribution in [2.45, 2.75) is 32.4 Å². The molecule has 0 saturated carbocycles. The van der Waals surface area contributed by atoms with Gasteiger partial charge in [-0.1, -0.05) is 42.5 Å². The molecule has 13 heteroatoms. The van der Waals surface area contributed by atoms with Crippen LogP contribution in [0.4, 0.5) is 26.0 Å². The molecule has 1 atom stereocenters. The fourth-order valence-electron chi connectivity index (χ4n) is 3.25. The number of hydrogen-bond donors (Lipinski definition) is 2. The van der Waals surface area contributed by atoms with Crippen LogP contribution in [-0.2, 0) is 23.9 Å². The number of nitrogens with one attached hydrogen (secondary N) is 2. The van der Waals surface area contributed by atoms with Crippen LogP contribution in [0.2, 0.25) is 0 Å². The van der Waals surface area contributed by atoms with Gasteiger partial charge in [0.05, 0.1) is 5.69 Å². The number of benzene rings is 2. The highest BCUT2D eigenvalue weighted by atomic mass is 17.1. The third-order valence-corrected chi connectivity index (χ3v) is 4.79. The van der Waals surface area contributed by atoms with Gasteiger partial charge in [-0.3, -0.25) is 14.5 Å². The van der Waals surface area contributed by atoms with Crippen LogP contribution in [0, 0.1) is 0 Å². The maximum atomic E-state index is 13.1. The number of amides is 2. The minimum atomic E-state index is -1.29. The van der Waals surface area contributed by atoms with E-state index in [1.807, 2.05) is 0 Å². The van der Waals surface area contributed by atoms with E-state index in [1.54, 1.807) is 81.4 Å². The van der Waals surface area contributed by atoms with Crippen LogP contribution in [0.3, 0.4) is 0 Å². The molecule has 196 valence electrons. The number of rotatable bonds is 6. The van der Waals surface area contributed by atoms with E-state index in [0.29, 0.717) is 27.7 Å². The number of cyclic esters (lactones) is 2. The molecule has 2 amide bonds.